The van der Waals surface area contributed by atoms with Crippen LogP contribution in [-0.2, 0) is 14.3 Å². The minimum Gasteiger partial charge on any atom is -0.464 e. The molecule has 1 atom stereocenters. The Bertz CT molecular complexity index is 388. The van der Waals surface area contributed by atoms with E-state index >= 15 is 0 Å². The molecule has 0 aromatic rings. The summed E-state index contributed by atoms with van der Waals surface area (Å²) in [7, 11) is 0. The van der Waals surface area contributed by atoms with E-state index in [1.807, 2.05) is 0 Å². The Labute approximate surface area is 140 Å². The van der Waals surface area contributed by atoms with Crippen molar-refractivity contribution >= 4 is 11.9 Å². The summed E-state index contributed by atoms with van der Waals surface area (Å²) in [5, 5.41) is 0. The van der Waals surface area contributed by atoms with Crippen molar-refractivity contribution in [1.29, 1.82) is 0 Å². The van der Waals surface area contributed by atoms with Crippen molar-refractivity contribution in [2.75, 3.05) is 13.2 Å². The highest BCUT2D eigenvalue weighted by atomic mass is 16.5. The van der Waals surface area contributed by atoms with Crippen molar-refractivity contribution in [1.82, 2.24) is 4.90 Å². The molecule has 0 bridgehead atoms. The summed E-state index contributed by atoms with van der Waals surface area (Å²) in [6.45, 7) is 5.54. The van der Waals surface area contributed by atoms with E-state index in [4.69, 9.17) is 4.74 Å². The number of hydrogen-bond donors (Lipinski definition) is 0. The molecule has 1 unspecified atom stereocenters. The van der Waals surface area contributed by atoms with Crippen molar-refractivity contribution in [3.63, 3.8) is 0 Å². The van der Waals surface area contributed by atoms with E-state index in [-0.39, 0.29) is 17.9 Å². The molecule has 1 aliphatic heterocycles. The summed E-state index contributed by atoms with van der Waals surface area (Å²) >= 11 is 0. The number of esters is 1. The standard InChI is InChI=1S/C19H33NO3/c1-15(2)7-6-14-23-19(22)17-10-5-13-20(17)18(21)12-11-16-8-3-4-9-16/h15-17H,3-14H2,1-2H3. The van der Waals surface area contributed by atoms with Crippen LogP contribution in [0.4, 0.5) is 0 Å². The third-order valence-corrected chi connectivity index (χ3v) is 5.26. The van der Waals surface area contributed by atoms with Crippen LogP contribution in [-0.4, -0.2) is 36.0 Å². The summed E-state index contributed by atoms with van der Waals surface area (Å²) in [6.07, 6.45) is 10.4. The number of amides is 1. The third-order valence-electron chi connectivity index (χ3n) is 5.26. The van der Waals surface area contributed by atoms with Gasteiger partial charge in [-0.15, -0.1) is 0 Å². The summed E-state index contributed by atoms with van der Waals surface area (Å²) in [5.74, 6) is 1.32. The Balaban J connectivity index is 1.72. The lowest BCUT2D eigenvalue weighted by molar-refractivity contribution is -0.153. The van der Waals surface area contributed by atoms with E-state index < -0.39 is 0 Å². The van der Waals surface area contributed by atoms with Gasteiger partial charge >= 0.3 is 5.97 Å². The summed E-state index contributed by atoms with van der Waals surface area (Å²) < 4.78 is 5.40. The molecule has 0 spiro atoms. The fourth-order valence-electron chi connectivity index (χ4n) is 3.84. The van der Waals surface area contributed by atoms with Gasteiger partial charge in [-0.3, -0.25) is 4.79 Å². The molecule has 1 saturated heterocycles. The molecule has 0 radical (unpaired) electrons. The second-order valence-electron chi connectivity index (χ2n) is 7.64. The molecular weight excluding hydrogens is 290 g/mol. The number of nitrogens with zero attached hydrogens (tertiary/aromatic N) is 1. The van der Waals surface area contributed by atoms with Gasteiger partial charge in [-0.2, -0.15) is 0 Å². The molecule has 0 N–H and O–H groups in total. The van der Waals surface area contributed by atoms with Crippen molar-refractivity contribution in [2.45, 2.75) is 84.1 Å². The molecule has 0 aromatic heterocycles. The molecule has 2 rings (SSSR count). The second kappa shape index (κ2) is 9.29. The van der Waals surface area contributed by atoms with E-state index in [1.165, 1.54) is 25.7 Å². The van der Waals surface area contributed by atoms with E-state index in [2.05, 4.69) is 13.8 Å². The molecule has 0 aromatic carbocycles. The van der Waals surface area contributed by atoms with E-state index in [9.17, 15) is 9.59 Å². The number of likely N-dealkylation sites (tertiary alicyclic amines) is 1. The zero-order valence-electron chi connectivity index (χ0n) is 14.9. The summed E-state index contributed by atoms with van der Waals surface area (Å²) in [5.41, 5.74) is 0. The quantitative estimate of drug-likeness (QED) is 0.502. The van der Waals surface area contributed by atoms with Gasteiger partial charge in [0.1, 0.15) is 6.04 Å². The van der Waals surface area contributed by atoms with Crippen LogP contribution in [0.1, 0.15) is 78.1 Å². The first kappa shape index (κ1) is 18.3. The number of hydrogen-bond acceptors (Lipinski definition) is 3. The van der Waals surface area contributed by atoms with Crippen molar-refractivity contribution < 1.29 is 14.3 Å². The Morgan fingerprint density at radius 1 is 1.13 bits per heavy atom. The van der Waals surface area contributed by atoms with Crippen LogP contribution in [0, 0.1) is 11.8 Å². The lowest BCUT2D eigenvalue weighted by Gasteiger charge is -2.24. The SMILES string of the molecule is CC(C)CCCOC(=O)C1CCCN1C(=O)CCC1CCCC1. The smallest absolute Gasteiger partial charge is 0.328 e. The largest absolute Gasteiger partial charge is 0.464 e. The molecule has 1 heterocycles. The Morgan fingerprint density at radius 3 is 2.57 bits per heavy atom. The average molecular weight is 323 g/mol. The molecule has 4 nitrogen and oxygen atoms in total. The maximum absolute atomic E-state index is 12.5. The van der Waals surface area contributed by atoms with Gasteiger partial charge in [-0.05, 0) is 43.9 Å². The van der Waals surface area contributed by atoms with Gasteiger partial charge in [0, 0.05) is 13.0 Å². The van der Waals surface area contributed by atoms with Crippen molar-refractivity contribution in [3.05, 3.63) is 0 Å². The van der Waals surface area contributed by atoms with Gasteiger partial charge in [0.25, 0.3) is 0 Å². The predicted octanol–water partition coefficient (Wildman–Crippen LogP) is 3.93. The molecule has 23 heavy (non-hydrogen) atoms. The minimum atomic E-state index is -0.329. The minimum absolute atomic E-state index is 0.151. The van der Waals surface area contributed by atoms with E-state index in [1.54, 1.807) is 4.90 Å². The van der Waals surface area contributed by atoms with Crippen LogP contribution >= 0.6 is 0 Å². The maximum Gasteiger partial charge on any atom is 0.328 e. The molecule has 4 heteroatoms. The third kappa shape index (κ3) is 5.82. The highest BCUT2D eigenvalue weighted by Gasteiger charge is 2.35. The first-order chi connectivity index (χ1) is 11.1. The number of carbonyl (C=O) groups excluding carboxylic acids is 2. The second-order valence-corrected chi connectivity index (χ2v) is 7.64. The Kier molecular flexibility index (Phi) is 7.38. The fourth-order valence-corrected chi connectivity index (χ4v) is 3.84. The van der Waals surface area contributed by atoms with Gasteiger partial charge in [-0.25, -0.2) is 4.79 Å². The predicted molar refractivity (Wildman–Crippen MR) is 91.0 cm³/mol. The van der Waals surface area contributed by atoms with E-state index in [0.717, 1.165) is 44.6 Å². The van der Waals surface area contributed by atoms with Crippen LogP contribution in [0.3, 0.4) is 0 Å². The van der Waals surface area contributed by atoms with E-state index in [0.29, 0.717) is 18.9 Å². The normalized spacial score (nSPS) is 22.0. The molecular formula is C19H33NO3. The van der Waals surface area contributed by atoms with Crippen molar-refractivity contribution in [2.24, 2.45) is 11.8 Å². The monoisotopic (exact) mass is 323 g/mol. The van der Waals surface area contributed by atoms with Crippen LogP contribution in [0.5, 0.6) is 0 Å². The first-order valence-corrected chi connectivity index (χ1v) is 9.54. The Morgan fingerprint density at radius 2 is 1.87 bits per heavy atom. The van der Waals surface area contributed by atoms with Crippen LogP contribution < -0.4 is 0 Å². The zero-order valence-corrected chi connectivity index (χ0v) is 14.9. The number of ether oxygens (including phenoxy) is 1. The highest BCUT2D eigenvalue weighted by molar-refractivity contribution is 5.85. The van der Waals surface area contributed by atoms with Crippen LogP contribution in [0.25, 0.3) is 0 Å². The van der Waals surface area contributed by atoms with Gasteiger partial charge < -0.3 is 9.64 Å². The topological polar surface area (TPSA) is 46.6 Å². The van der Waals surface area contributed by atoms with Crippen molar-refractivity contribution in [3.8, 4) is 0 Å². The lowest BCUT2D eigenvalue weighted by Crippen LogP contribution is -2.41. The summed E-state index contributed by atoms with van der Waals surface area (Å²) in [6, 6.07) is -0.329. The molecule has 2 fully saturated rings. The molecule has 2 aliphatic rings. The van der Waals surface area contributed by atoms with Crippen LogP contribution in [0.15, 0.2) is 0 Å². The molecule has 132 valence electrons. The maximum atomic E-state index is 12.5. The van der Waals surface area contributed by atoms with Gasteiger partial charge in [0.15, 0.2) is 0 Å². The van der Waals surface area contributed by atoms with Gasteiger partial charge in [0.2, 0.25) is 5.91 Å². The number of carbonyl (C=O) groups is 2. The number of rotatable bonds is 8. The molecule has 1 amide bonds. The zero-order chi connectivity index (χ0) is 16.7. The average Bonchev–Trinajstić information content (AvgIpc) is 3.19. The van der Waals surface area contributed by atoms with Gasteiger partial charge in [0.05, 0.1) is 6.61 Å². The fraction of sp³-hybridized carbons (Fsp3) is 0.895. The lowest BCUT2D eigenvalue weighted by atomic mass is 10.0. The molecule has 1 aliphatic carbocycles. The van der Waals surface area contributed by atoms with Crippen LogP contribution in [0.2, 0.25) is 0 Å². The highest BCUT2D eigenvalue weighted by Crippen LogP contribution is 2.29. The summed E-state index contributed by atoms with van der Waals surface area (Å²) in [4.78, 5) is 26.5. The first-order valence-electron chi connectivity index (χ1n) is 9.54. The Hall–Kier alpha value is -1.06. The van der Waals surface area contributed by atoms with Gasteiger partial charge in [-0.1, -0.05) is 39.5 Å². The molecule has 1 saturated carbocycles.